The molecule has 6 heteroatoms. The van der Waals surface area contributed by atoms with E-state index in [1.807, 2.05) is 36.4 Å². The third-order valence-corrected chi connectivity index (χ3v) is 3.25. The largest absolute Gasteiger partial charge is 0.457 e. The molecule has 0 radical (unpaired) electrons. The molecule has 2 heterocycles. The number of hydrogen-bond acceptors (Lipinski definition) is 5. The highest BCUT2D eigenvalue weighted by atomic mass is 16.5. The van der Waals surface area contributed by atoms with Gasteiger partial charge >= 0.3 is 0 Å². The molecule has 3 rings (SSSR count). The van der Waals surface area contributed by atoms with E-state index in [0.29, 0.717) is 17.2 Å². The van der Waals surface area contributed by atoms with E-state index in [1.165, 1.54) is 0 Å². The number of aromatic nitrogens is 2. The van der Waals surface area contributed by atoms with E-state index in [0.717, 1.165) is 11.4 Å². The number of pyridine rings is 2. The lowest BCUT2D eigenvalue weighted by Gasteiger charge is -2.09. The van der Waals surface area contributed by atoms with Gasteiger partial charge in [0.05, 0.1) is 0 Å². The van der Waals surface area contributed by atoms with Crippen LogP contribution >= 0.6 is 0 Å². The zero-order chi connectivity index (χ0) is 16.8. The van der Waals surface area contributed by atoms with Crippen LogP contribution in [0.4, 0.5) is 11.4 Å². The molecule has 0 spiro atoms. The van der Waals surface area contributed by atoms with E-state index in [9.17, 15) is 4.79 Å². The van der Waals surface area contributed by atoms with E-state index in [-0.39, 0.29) is 5.91 Å². The van der Waals surface area contributed by atoms with Crippen molar-refractivity contribution in [3.05, 3.63) is 72.8 Å². The predicted octanol–water partition coefficient (Wildman–Crippen LogP) is 3.37. The third-order valence-electron chi connectivity index (χ3n) is 3.25. The number of nitrogens with zero attached hydrogens (tertiary/aromatic N) is 2. The Balaban J connectivity index is 1.69. The maximum atomic E-state index is 11.6. The van der Waals surface area contributed by atoms with Gasteiger partial charge in [-0.1, -0.05) is 0 Å². The van der Waals surface area contributed by atoms with Gasteiger partial charge in [0, 0.05) is 43.1 Å². The van der Waals surface area contributed by atoms with Gasteiger partial charge in [-0.15, -0.1) is 0 Å². The van der Waals surface area contributed by atoms with Crippen molar-refractivity contribution < 1.29 is 9.53 Å². The number of nitrogens with one attached hydrogen (secondary N) is 2. The number of benzene rings is 1. The molecule has 0 saturated carbocycles. The molecule has 1 aromatic carbocycles. The quantitative estimate of drug-likeness (QED) is 0.754. The third kappa shape index (κ3) is 3.86. The minimum atomic E-state index is -0.252. The molecule has 0 aliphatic heterocycles. The first-order valence-corrected chi connectivity index (χ1v) is 7.38. The molecule has 24 heavy (non-hydrogen) atoms. The highest BCUT2D eigenvalue weighted by Crippen LogP contribution is 2.24. The Kier molecular flexibility index (Phi) is 4.67. The Bertz CT molecular complexity index is 820. The molecule has 0 unspecified atom stereocenters. The molecular formula is C18H16N4O2. The van der Waals surface area contributed by atoms with E-state index >= 15 is 0 Å². The second kappa shape index (κ2) is 7.23. The minimum absolute atomic E-state index is 0.252. The summed E-state index contributed by atoms with van der Waals surface area (Å²) < 4.78 is 5.76. The van der Waals surface area contributed by atoms with Crippen molar-refractivity contribution >= 4 is 17.3 Å². The normalized spacial score (nSPS) is 10.0. The summed E-state index contributed by atoms with van der Waals surface area (Å²) in [7, 11) is 1.56. The summed E-state index contributed by atoms with van der Waals surface area (Å²) in [5.41, 5.74) is 2.21. The van der Waals surface area contributed by atoms with E-state index in [1.54, 1.807) is 37.8 Å². The Morgan fingerprint density at radius 1 is 0.917 bits per heavy atom. The van der Waals surface area contributed by atoms with Gasteiger partial charge in [0.15, 0.2) is 0 Å². The number of anilines is 2. The van der Waals surface area contributed by atoms with Gasteiger partial charge in [0.2, 0.25) is 0 Å². The highest BCUT2D eigenvalue weighted by molar-refractivity contribution is 5.92. The average Bonchev–Trinajstić information content (AvgIpc) is 2.64. The molecule has 0 aliphatic rings. The molecule has 6 nitrogen and oxygen atoms in total. The Labute approximate surface area is 139 Å². The maximum Gasteiger partial charge on any atom is 0.269 e. The van der Waals surface area contributed by atoms with Crippen LogP contribution in [-0.2, 0) is 0 Å². The fraction of sp³-hybridized carbons (Fsp3) is 0.0556. The van der Waals surface area contributed by atoms with Crippen molar-refractivity contribution in [2.45, 2.75) is 0 Å². The van der Waals surface area contributed by atoms with Crippen molar-refractivity contribution in [3.8, 4) is 11.5 Å². The Morgan fingerprint density at radius 2 is 1.62 bits per heavy atom. The highest BCUT2D eigenvalue weighted by Gasteiger charge is 2.06. The second-order valence-electron chi connectivity index (χ2n) is 4.94. The van der Waals surface area contributed by atoms with Gasteiger partial charge in [-0.25, -0.2) is 0 Å². The first-order valence-electron chi connectivity index (χ1n) is 7.38. The van der Waals surface area contributed by atoms with Crippen molar-refractivity contribution in [2.75, 3.05) is 12.4 Å². The number of ether oxygens (including phenoxy) is 1. The SMILES string of the molecule is CNC(=O)c1cc(Oc2ccc(Nc3ccncc3)cc2)ccn1. The van der Waals surface area contributed by atoms with Gasteiger partial charge in [0.1, 0.15) is 17.2 Å². The molecule has 0 saturated heterocycles. The van der Waals surface area contributed by atoms with E-state index in [4.69, 9.17) is 4.74 Å². The van der Waals surface area contributed by atoms with Crippen LogP contribution in [0, 0.1) is 0 Å². The molecule has 1 amide bonds. The summed E-state index contributed by atoms with van der Waals surface area (Å²) in [6.45, 7) is 0. The number of carbonyl (C=O) groups excluding carboxylic acids is 1. The second-order valence-corrected chi connectivity index (χ2v) is 4.94. The van der Waals surface area contributed by atoms with Crippen LogP contribution in [-0.4, -0.2) is 22.9 Å². The standard InChI is InChI=1S/C18H16N4O2/c1-19-18(23)17-12-16(8-11-21-17)24-15-4-2-13(3-5-15)22-14-6-9-20-10-7-14/h2-12H,1H3,(H,19,23)(H,20,22). The fourth-order valence-electron chi connectivity index (χ4n) is 2.07. The van der Waals surface area contributed by atoms with Crippen molar-refractivity contribution in [2.24, 2.45) is 0 Å². The smallest absolute Gasteiger partial charge is 0.269 e. The number of rotatable bonds is 5. The number of amides is 1. The molecule has 120 valence electrons. The summed E-state index contributed by atoms with van der Waals surface area (Å²) >= 11 is 0. The van der Waals surface area contributed by atoms with E-state index < -0.39 is 0 Å². The first kappa shape index (κ1) is 15.5. The van der Waals surface area contributed by atoms with Gasteiger partial charge in [-0.05, 0) is 42.5 Å². The van der Waals surface area contributed by atoms with Crippen LogP contribution in [0.1, 0.15) is 10.5 Å². The molecule has 0 aliphatic carbocycles. The molecule has 0 bridgehead atoms. The molecule has 2 N–H and O–H groups in total. The van der Waals surface area contributed by atoms with Crippen LogP contribution < -0.4 is 15.4 Å². The van der Waals surface area contributed by atoms with Crippen LogP contribution in [0.15, 0.2) is 67.1 Å². The van der Waals surface area contributed by atoms with Crippen molar-refractivity contribution in [1.82, 2.24) is 15.3 Å². The lowest BCUT2D eigenvalue weighted by Crippen LogP contribution is -2.18. The summed E-state index contributed by atoms with van der Waals surface area (Å²) in [4.78, 5) is 19.6. The molecule has 0 atom stereocenters. The average molecular weight is 320 g/mol. The van der Waals surface area contributed by atoms with Crippen molar-refractivity contribution in [3.63, 3.8) is 0 Å². The zero-order valence-electron chi connectivity index (χ0n) is 13.1. The summed E-state index contributed by atoms with van der Waals surface area (Å²) in [6, 6.07) is 14.6. The number of hydrogen-bond donors (Lipinski definition) is 2. The van der Waals surface area contributed by atoms with Crippen LogP contribution in [0.3, 0.4) is 0 Å². The lowest BCUT2D eigenvalue weighted by atomic mass is 10.2. The Morgan fingerprint density at radius 3 is 2.33 bits per heavy atom. The monoisotopic (exact) mass is 320 g/mol. The van der Waals surface area contributed by atoms with Gasteiger partial charge in [-0.2, -0.15) is 0 Å². The predicted molar refractivity (Wildman–Crippen MR) is 91.7 cm³/mol. The number of carbonyl (C=O) groups is 1. The Hall–Kier alpha value is -3.41. The summed E-state index contributed by atoms with van der Waals surface area (Å²) in [5.74, 6) is 0.972. The first-order chi connectivity index (χ1) is 11.7. The van der Waals surface area contributed by atoms with Crippen molar-refractivity contribution in [1.29, 1.82) is 0 Å². The molecule has 3 aromatic rings. The van der Waals surface area contributed by atoms with Crippen LogP contribution in [0.5, 0.6) is 11.5 Å². The fourth-order valence-corrected chi connectivity index (χ4v) is 2.07. The van der Waals surface area contributed by atoms with E-state index in [2.05, 4.69) is 20.6 Å². The topological polar surface area (TPSA) is 76.1 Å². The van der Waals surface area contributed by atoms with Gasteiger partial charge in [0.25, 0.3) is 5.91 Å². The summed E-state index contributed by atoms with van der Waals surface area (Å²) in [6.07, 6.45) is 5.00. The maximum absolute atomic E-state index is 11.6. The molecule has 2 aromatic heterocycles. The molecule has 0 fully saturated rings. The van der Waals surface area contributed by atoms with Crippen LogP contribution in [0.2, 0.25) is 0 Å². The van der Waals surface area contributed by atoms with Crippen LogP contribution in [0.25, 0.3) is 0 Å². The minimum Gasteiger partial charge on any atom is -0.457 e. The molecular weight excluding hydrogens is 304 g/mol. The summed E-state index contributed by atoms with van der Waals surface area (Å²) in [5, 5.41) is 5.80. The lowest BCUT2D eigenvalue weighted by molar-refractivity contribution is 0.0958. The zero-order valence-corrected chi connectivity index (χ0v) is 13.1. The van der Waals surface area contributed by atoms with Gasteiger partial charge < -0.3 is 15.4 Å². The van der Waals surface area contributed by atoms with Gasteiger partial charge in [-0.3, -0.25) is 14.8 Å².